The summed E-state index contributed by atoms with van der Waals surface area (Å²) in [7, 11) is 0. The van der Waals surface area contributed by atoms with E-state index in [1.165, 1.54) is 91.6 Å². The number of benzene rings is 13. The third-order valence-electron chi connectivity index (χ3n) is 17.5. The van der Waals surface area contributed by atoms with Crippen molar-refractivity contribution in [2.24, 2.45) is 0 Å². The Morgan fingerprint density at radius 1 is 0.345 bits per heavy atom. The van der Waals surface area contributed by atoms with Crippen molar-refractivity contribution < 1.29 is 0 Å². The molecular formula is C79H50N4S. The quantitative estimate of drug-likeness (QED) is 0.144. The number of aromatic nitrogens is 3. The monoisotopic (exact) mass is 1090 g/mol. The van der Waals surface area contributed by atoms with Crippen LogP contribution in [0.5, 0.6) is 0 Å². The van der Waals surface area contributed by atoms with E-state index in [9.17, 15) is 0 Å². The summed E-state index contributed by atoms with van der Waals surface area (Å²) in [5.74, 6) is 0.626. The molecule has 1 aliphatic rings. The van der Waals surface area contributed by atoms with Crippen molar-refractivity contribution >= 4 is 91.9 Å². The van der Waals surface area contributed by atoms with Gasteiger partial charge in [-0.3, -0.25) is 4.57 Å². The summed E-state index contributed by atoms with van der Waals surface area (Å²) in [6.45, 7) is 0. The van der Waals surface area contributed by atoms with Crippen molar-refractivity contribution in [1.82, 2.24) is 14.5 Å². The van der Waals surface area contributed by atoms with Gasteiger partial charge in [-0.05, 0) is 97.7 Å². The molecule has 5 heteroatoms. The van der Waals surface area contributed by atoms with Gasteiger partial charge >= 0.3 is 0 Å². The van der Waals surface area contributed by atoms with Gasteiger partial charge in [0.2, 0.25) is 5.95 Å². The maximum Gasteiger partial charge on any atom is 0.235 e. The van der Waals surface area contributed by atoms with E-state index in [0.29, 0.717) is 5.95 Å². The van der Waals surface area contributed by atoms with E-state index in [-0.39, 0.29) is 0 Å². The van der Waals surface area contributed by atoms with Gasteiger partial charge in [0, 0.05) is 59.5 Å². The summed E-state index contributed by atoms with van der Waals surface area (Å²) in [5.41, 5.74) is 18.5. The van der Waals surface area contributed by atoms with Crippen molar-refractivity contribution in [3.05, 3.63) is 326 Å². The van der Waals surface area contributed by atoms with Crippen LogP contribution in [0.4, 0.5) is 17.1 Å². The second-order valence-corrected chi connectivity index (χ2v) is 22.9. The highest BCUT2D eigenvalue weighted by Gasteiger charge is 2.46. The highest BCUT2D eigenvalue weighted by Crippen LogP contribution is 2.58. The summed E-state index contributed by atoms with van der Waals surface area (Å²) in [6.07, 6.45) is 0. The zero-order valence-electron chi connectivity index (χ0n) is 45.6. The molecule has 4 nitrogen and oxygen atoms in total. The van der Waals surface area contributed by atoms with Crippen LogP contribution in [0.2, 0.25) is 0 Å². The Hall–Kier alpha value is -10.7. The Bertz CT molecular complexity index is 5130. The second kappa shape index (κ2) is 19.2. The largest absolute Gasteiger partial charge is 0.309 e. The lowest BCUT2D eigenvalue weighted by Gasteiger charge is -2.35. The van der Waals surface area contributed by atoms with Gasteiger partial charge in [-0.2, -0.15) is 0 Å². The number of thiophene rings is 1. The molecule has 0 aliphatic heterocycles. The molecule has 84 heavy (non-hydrogen) atoms. The third-order valence-corrected chi connectivity index (χ3v) is 18.7. The van der Waals surface area contributed by atoms with Crippen molar-refractivity contribution in [2.75, 3.05) is 4.90 Å². The van der Waals surface area contributed by atoms with Gasteiger partial charge in [0.1, 0.15) is 0 Å². The first-order valence-corrected chi connectivity index (χ1v) is 29.5. The molecule has 0 saturated carbocycles. The first-order chi connectivity index (χ1) is 41.7. The molecule has 0 spiro atoms. The predicted octanol–water partition coefficient (Wildman–Crippen LogP) is 21.1. The van der Waals surface area contributed by atoms with Crippen LogP contribution in [-0.2, 0) is 5.41 Å². The normalized spacial score (nSPS) is 12.6. The Balaban J connectivity index is 0.974. The van der Waals surface area contributed by atoms with Crippen LogP contribution in [0, 0.1) is 0 Å². The van der Waals surface area contributed by atoms with Gasteiger partial charge < -0.3 is 4.90 Å². The minimum atomic E-state index is -0.579. The van der Waals surface area contributed by atoms with Crippen LogP contribution in [0.1, 0.15) is 22.3 Å². The zero-order chi connectivity index (χ0) is 55.3. The number of nitrogens with zero attached hydrogens (tertiary/aromatic N) is 4. The van der Waals surface area contributed by atoms with Crippen molar-refractivity contribution in [3.63, 3.8) is 0 Å². The molecule has 0 bridgehead atoms. The maximum absolute atomic E-state index is 5.55. The molecule has 392 valence electrons. The molecule has 13 aromatic carbocycles. The average Bonchev–Trinajstić information content (AvgIpc) is 1.78. The Labute approximate surface area is 490 Å². The summed E-state index contributed by atoms with van der Waals surface area (Å²) in [6, 6.07) is 111. The Kier molecular flexibility index (Phi) is 11.0. The minimum Gasteiger partial charge on any atom is -0.309 e. The molecule has 0 atom stereocenters. The van der Waals surface area contributed by atoms with Crippen LogP contribution in [0.25, 0.3) is 114 Å². The summed E-state index contributed by atoms with van der Waals surface area (Å²) < 4.78 is 4.81. The van der Waals surface area contributed by atoms with E-state index in [0.717, 1.165) is 56.0 Å². The van der Waals surface area contributed by atoms with Crippen molar-refractivity contribution in [1.29, 1.82) is 0 Å². The van der Waals surface area contributed by atoms with Crippen molar-refractivity contribution in [3.8, 4) is 50.7 Å². The van der Waals surface area contributed by atoms with Gasteiger partial charge in [0.05, 0.1) is 38.2 Å². The molecule has 3 heterocycles. The summed E-state index contributed by atoms with van der Waals surface area (Å²) in [5, 5.41) is 9.50. The number of hydrogen-bond acceptors (Lipinski definition) is 4. The van der Waals surface area contributed by atoms with Gasteiger partial charge in [0.15, 0.2) is 0 Å². The number of rotatable bonds is 9. The topological polar surface area (TPSA) is 34.0 Å². The van der Waals surface area contributed by atoms with E-state index in [4.69, 9.17) is 9.97 Å². The van der Waals surface area contributed by atoms with Crippen LogP contribution < -0.4 is 4.90 Å². The Morgan fingerprint density at radius 2 is 0.881 bits per heavy atom. The molecule has 16 aromatic rings. The minimum absolute atomic E-state index is 0.579. The van der Waals surface area contributed by atoms with Gasteiger partial charge in [-0.15, -0.1) is 11.3 Å². The van der Waals surface area contributed by atoms with Crippen LogP contribution in [-0.4, -0.2) is 14.5 Å². The molecule has 0 fully saturated rings. The van der Waals surface area contributed by atoms with Crippen molar-refractivity contribution in [2.45, 2.75) is 5.41 Å². The van der Waals surface area contributed by atoms with Gasteiger partial charge in [-0.1, -0.05) is 261 Å². The fraction of sp³-hybridized carbons (Fsp3) is 0.0127. The lowest BCUT2D eigenvalue weighted by molar-refractivity contribution is 0.768. The molecule has 0 unspecified atom stereocenters. The smallest absolute Gasteiger partial charge is 0.235 e. The lowest BCUT2D eigenvalue weighted by Crippen LogP contribution is -2.28. The predicted molar refractivity (Wildman–Crippen MR) is 353 cm³/mol. The molecule has 17 rings (SSSR count). The first-order valence-electron chi connectivity index (χ1n) is 28.7. The fourth-order valence-electron chi connectivity index (χ4n) is 13.9. The van der Waals surface area contributed by atoms with E-state index < -0.39 is 5.41 Å². The van der Waals surface area contributed by atoms with E-state index in [2.05, 4.69) is 313 Å². The highest BCUT2D eigenvalue weighted by molar-refractivity contribution is 7.27. The number of fused-ring (bicyclic) bond motifs is 15. The molecular weight excluding hydrogens is 1040 g/mol. The fourth-order valence-corrected chi connectivity index (χ4v) is 15.2. The average molecular weight is 1090 g/mol. The SMILES string of the molecule is c1ccc(-c2ccc(N(c3ccc4c(c3)C(c3ccccc3)(c3ccccc3)c3ccccc3-4)c3cccc4c3sc3c5ccccc5c5c(c43)c3c4ccccc4ccc3n5-c3nc(-c4ccccc4)cc(-c4ccccc4)n3)cc2)cc1. The van der Waals surface area contributed by atoms with Crippen LogP contribution >= 0.6 is 11.3 Å². The lowest BCUT2D eigenvalue weighted by atomic mass is 9.67. The first kappa shape index (κ1) is 48.0. The second-order valence-electron chi connectivity index (χ2n) is 21.9. The standard InChI is InChI=1S/C79H50N4S/c1-6-23-51(24-7-1)52-41-44-58(45-42-52)82(59-46-47-62-61-35-20-21-39-66(61)79(67(62)49-59,56-30-12-4-13-31-56)57-32-14-5-15-33-57)71-40-22-38-65-73-74-72-60-34-17-16-25-53(60)43-48-70(72)83(75(74)63-36-18-19-37-64(63)77(73)84-76(65)71)78-80-68(54-26-8-2-9-27-54)50-69(81-78)55-28-10-3-11-29-55/h1-50H. The molecule has 0 radical (unpaired) electrons. The van der Waals surface area contributed by atoms with Gasteiger partial charge in [-0.25, -0.2) is 9.97 Å². The number of anilines is 3. The van der Waals surface area contributed by atoms with E-state index in [1.54, 1.807) is 0 Å². The molecule has 0 amide bonds. The van der Waals surface area contributed by atoms with Crippen LogP contribution in [0.3, 0.4) is 0 Å². The Morgan fingerprint density at radius 3 is 1.56 bits per heavy atom. The number of hydrogen-bond donors (Lipinski definition) is 0. The zero-order valence-corrected chi connectivity index (χ0v) is 46.4. The van der Waals surface area contributed by atoms with Crippen LogP contribution in [0.15, 0.2) is 303 Å². The van der Waals surface area contributed by atoms with E-state index in [1.807, 2.05) is 11.3 Å². The summed E-state index contributed by atoms with van der Waals surface area (Å²) >= 11 is 1.90. The van der Waals surface area contributed by atoms with Gasteiger partial charge in [0.25, 0.3) is 0 Å². The maximum atomic E-state index is 5.55. The molecule has 3 aromatic heterocycles. The molecule has 0 saturated heterocycles. The highest BCUT2D eigenvalue weighted by atomic mass is 32.1. The van der Waals surface area contributed by atoms with E-state index >= 15 is 0 Å². The third kappa shape index (κ3) is 7.26. The molecule has 0 N–H and O–H groups in total. The summed E-state index contributed by atoms with van der Waals surface area (Å²) in [4.78, 5) is 13.6. The molecule has 1 aliphatic carbocycles.